The van der Waals surface area contributed by atoms with Crippen LogP contribution in [0.5, 0.6) is 0 Å². The van der Waals surface area contributed by atoms with Crippen molar-refractivity contribution in [3.63, 3.8) is 0 Å². The third kappa shape index (κ3) is 4.54. The molecule has 2 aromatic rings. The Balaban J connectivity index is 1.24. The van der Waals surface area contributed by atoms with Crippen molar-refractivity contribution in [1.82, 2.24) is 9.80 Å². The molecule has 170 valence electrons. The number of benzene rings is 2. The summed E-state index contributed by atoms with van der Waals surface area (Å²) in [5, 5.41) is 10.8. The number of carbonyl (C=O) groups excluding carboxylic acids is 3. The second kappa shape index (κ2) is 9.11. The topological polar surface area (TPSA) is 113 Å². The van der Waals surface area contributed by atoms with Gasteiger partial charge < -0.3 is 14.5 Å². The summed E-state index contributed by atoms with van der Waals surface area (Å²) in [7, 11) is 0. The molecule has 10 nitrogen and oxygen atoms in total. The highest BCUT2D eigenvalue weighted by Gasteiger charge is 2.32. The quantitative estimate of drug-likeness (QED) is 0.375. The van der Waals surface area contributed by atoms with E-state index in [1.165, 1.54) is 17.0 Å². The SMILES string of the molecule is C=C1c2ccccc2C(=O)N1CC(=O)OCC(=O)N1CCN(c2ccc([N+](=O)[O-])cc2)CC1. The van der Waals surface area contributed by atoms with Crippen LogP contribution in [0.25, 0.3) is 5.70 Å². The van der Waals surface area contributed by atoms with Gasteiger partial charge in [-0.1, -0.05) is 24.8 Å². The summed E-state index contributed by atoms with van der Waals surface area (Å²) in [5.41, 5.74) is 2.46. The van der Waals surface area contributed by atoms with E-state index in [-0.39, 0.29) is 24.0 Å². The van der Waals surface area contributed by atoms with Gasteiger partial charge in [0.1, 0.15) is 6.54 Å². The maximum Gasteiger partial charge on any atom is 0.326 e. The number of nitro benzene ring substituents is 1. The van der Waals surface area contributed by atoms with Crippen LogP contribution in [0.1, 0.15) is 15.9 Å². The number of non-ortho nitro benzene ring substituents is 1. The Kier molecular flexibility index (Phi) is 6.07. The molecule has 1 saturated heterocycles. The zero-order chi connectivity index (χ0) is 23.5. The summed E-state index contributed by atoms with van der Waals surface area (Å²) in [4.78, 5) is 52.4. The van der Waals surface area contributed by atoms with Crippen molar-refractivity contribution in [2.45, 2.75) is 0 Å². The number of rotatable bonds is 6. The summed E-state index contributed by atoms with van der Waals surface area (Å²) < 4.78 is 5.12. The monoisotopic (exact) mass is 450 g/mol. The Morgan fingerprint density at radius 2 is 1.64 bits per heavy atom. The number of carbonyl (C=O) groups is 3. The molecular weight excluding hydrogens is 428 g/mol. The van der Waals surface area contributed by atoms with E-state index in [4.69, 9.17) is 4.74 Å². The number of piperazine rings is 1. The normalized spacial score (nSPS) is 15.5. The van der Waals surface area contributed by atoms with Gasteiger partial charge in [0.25, 0.3) is 17.5 Å². The Morgan fingerprint density at radius 3 is 2.24 bits per heavy atom. The van der Waals surface area contributed by atoms with Crippen molar-refractivity contribution in [3.8, 4) is 0 Å². The first-order chi connectivity index (χ1) is 15.8. The number of esters is 1. The summed E-state index contributed by atoms with van der Waals surface area (Å²) >= 11 is 0. The molecule has 0 atom stereocenters. The van der Waals surface area contributed by atoms with Gasteiger partial charge in [-0.25, -0.2) is 0 Å². The van der Waals surface area contributed by atoms with Crippen LogP contribution in [-0.4, -0.2) is 71.8 Å². The minimum atomic E-state index is -0.685. The van der Waals surface area contributed by atoms with Crippen molar-refractivity contribution in [3.05, 3.63) is 76.4 Å². The average molecular weight is 450 g/mol. The van der Waals surface area contributed by atoms with Gasteiger partial charge in [0.15, 0.2) is 6.61 Å². The van der Waals surface area contributed by atoms with Crippen LogP contribution >= 0.6 is 0 Å². The van der Waals surface area contributed by atoms with Crippen molar-refractivity contribution < 1.29 is 24.0 Å². The molecule has 2 aliphatic rings. The van der Waals surface area contributed by atoms with Crippen LogP contribution in [0.3, 0.4) is 0 Å². The number of hydrogen-bond donors (Lipinski definition) is 0. The van der Waals surface area contributed by atoms with Crippen molar-refractivity contribution in [2.24, 2.45) is 0 Å². The van der Waals surface area contributed by atoms with E-state index < -0.39 is 17.5 Å². The Hall–Kier alpha value is -4.21. The lowest BCUT2D eigenvalue weighted by Crippen LogP contribution is -2.50. The molecule has 0 spiro atoms. The first kappa shape index (κ1) is 22.0. The zero-order valence-corrected chi connectivity index (χ0v) is 17.8. The fraction of sp³-hybridized carbons (Fsp3) is 0.261. The van der Waals surface area contributed by atoms with Crippen LogP contribution in [0.2, 0.25) is 0 Å². The Morgan fingerprint density at radius 1 is 1.00 bits per heavy atom. The molecule has 1 fully saturated rings. The fourth-order valence-corrected chi connectivity index (χ4v) is 3.91. The van der Waals surface area contributed by atoms with Gasteiger partial charge in [-0.2, -0.15) is 0 Å². The molecule has 0 N–H and O–H groups in total. The molecular formula is C23H22N4O6. The minimum absolute atomic E-state index is 0.0254. The van der Waals surface area contributed by atoms with E-state index in [0.717, 1.165) is 5.69 Å². The van der Waals surface area contributed by atoms with Crippen molar-refractivity contribution in [1.29, 1.82) is 0 Å². The smallest absolute Gasteiger partial charge is 0.326 e. The van der Waals surface area contributed by atoms with Gasteiger partial charge in [-0.15, -0.1) is 0 Å². The van der Waals surface area contributed by atoms with E-state index in [1.54, 1.807) is 41.3 Å². The molecule has 0 saturated carbocycles. The standard InChI is InChI=1S/C23H22N4O6/c1-16-19-4-2-3-5-20(19)23(30)26(16)14-22(29)33-15-21(28)25-12-10-24(11-13-25)17-6-8-18(9-7-17)27(31)32/h2-9H,1,10-15H2. The summed E-state index contributed by atoms with van der Waals surface area (Å²) in [5.74, 6) is -1.32. The third-order valence-corrected chi connectivity index (χ3v) is 5.74. The van der Waals surface area contributed by atoms with E-state index in [2.05, 4.69) is 6.58 Å². The van der Waals surface area contributed by atoms with Gasteiger partial charge in [-0.05, 0) is 18.2 Å². The molecule has 2 amide bonds. The van der Waals surface area contributed by atoms with Gasteiger partial charge in [0.05, 0.1) is 4.92 Å². The zero-order valence-electron chi connectivity index (χ0n) is 17.8. The highest BCUT2D eigenvalue weighted by molar-refractivity contribution is 6.10. The van der Waals surface area contributed by atoms with Crippen LogP contribution in [0, 0.1) is 10.1 Å². The molecule has 4 rings (SSSR count). The van der Waals surface area contributed by atoms with Crippen molar-refractivity contribution in [2.75, 3.05) is 44.2 Å². The highest BCUT2D eigenvalue weighted by Crippen LogP contribution is 2.30. The Labute approximate surface area is 189 Å². The van der Waals surface area contributed by atoms with E-state index in [0.29, 0.717) is 43.0 Å². The van der Waals surface area contributed by atoms with E-state index >= 15 is 0 Å². The molecule has 0 aromatic heterocycles. The van der Waals surface area contributed by atoms with Gasteiger partial charge in [0.2, 0.25) is 0 Å². The fourth-order valence-electron chi connectivity index (χ4n) is 3.91. The van der Waals surface area contributed by atoms with E-state index in [1.807, 2.05) is 4.90 Å². The number of ether oxygens (including phenoxy) is 1. The molecule has 0 unspecified atom stereocenters. The third-order valence-electron chi connectivity index (χ3n) is 5.74. The van der Waals surface area contributed by atoms with Crippen LogP contribution in [-0.2, 0) is 14.3 Å². The molecule has 2 aromatic carbocycles. The molecule has 2 aliphatic heterocycles. The number of fused-ring (bicyclic) bond motifs is 1. The molecule has 10 heteroatoms. The maximum atomic E-state index is 12.5. The molecule has 0 bridgehead atoms. The predicted molar refractivity (Wildman–Crippen MR) is 119 cm³/mol. The summed E-state index contributed by atoms with van der Waals surface area (Å²) in [6, 6.07) is 13.2. The lowest BCUT2D eigenvalue weighted by molar-refractivity contribution is -0.384. The highest BCUT2D eigenvalue weighted by atomic mass is 16.6. The van der Waals surface area contributed by atoms with Gasteiger partial charge in [0, 0.05) is 60.8 Å². The average Bonchev–Trinajstić information content (AvgIpc) is 3.07. The molecule has 33 heavy (non-hydrogen) atoms. The molecule has 0 aliphatic carbocycles. The predicted octanol–water partition coefficient (Wildman–Crippen LogP) is 1.91. The first-order valence-corrected chi connectivity index (χ1v) is 10.4. The van der Waals surface area contributed by atoms with E-state index in [9.17, 15) is 24.5 Å². The second-order valence-corrected chi connectivity index (χ2v) is 7.69. The van der Waals surface area contributed by atoms with Gasteiger partial charge >= 0.3 is 5.97 Å². The minimum Gasteiger partial charge on any atom is -0.454 e. The largest absolute Gasteiger partial charge is 0.454 e. The lowest BCUT2D eigenvalue weighted by Gasteiger charge is -2.36. The lowest BCUT2D eigenvalue weighted by atomic mass is 10.1. The summed E-state index contributed by atoms with van der Waals surface area (Å²) in [6.45, 7) is 5.14. The molecule has 0 radical (unpaired) electrons. The first-order valence-electron chi connectivity index (χ1n) is 10.4. The second-order valence-electron chi connectivity index (χ2n) is 7.69. The van der Waals surface area contributed by atoms with Crippen LogP contribution in [0.4, 0.5) is 11.4 Å². The number of anilines is 1. The van der Waals surface area contributed by atoms with Crippen molar-refractivity contribution >= 4 is 34.9 Å². The number of hydrogen-bond acceptors (Lipinski definition) is 7. The summed E-state index contributed by atoms with van der Waals surface area (Å²) in [6.07, 6.45) is 0. The number of nitro groups is 1. The van der Waals surface area contributed by atoms with Crippen LogP contribution in [0.15, 0.2) is 55.1 Å². The van der Waals surface area contributed by atoms with Crippen LogP contribution < -0.4 is 4.90 Å². The molecule has 2 heterocycles. The van der Waals surface area contributed by atoms with Gasteiger partial charge in [-0.3, -0.25) is 29.4 Å². The Bertz CT molecular complexity index is 1090. The number of amides is 2. The number of nitrogens with zero attached hydrogens (tertiary/aromatic N) is 4. The maximum absolute atomic E-state index is 12.5.